The van der Waals surface area contributed by atoms with Gasteiger partial charge in [0.15, 0.2) is 0 Å². The SMILES string of the molecule is CCC(C)C1COC(=O)N1C1CCN(S(=O)(=O)c2cc(F)ccc2C)CC1. The summed E-state index contributed by atoms with van der Waals surface area (Å²) in [4.78, 5) is 14.0. The van der Waals surface area contributed by atoms with Gasteiger partial charge >= 0.3 is 6.09 Å². The molecule has 2 aliphatic heterocycles. The van der Waals surface area contributed by atoms with E-state index in [1.165, 1.54) is 16.4 Å². The van der Waals surface area contributed by atoms with Gasteiger partial charge in [0, 0.05) is 19.1 Å². The van der Waals surface area contributed by atoms with Crippen molar-refractivity contribution < 1.29 is 22.3 Å². The molecule has 0 bridgehead atoms. The second kappa shape index (κ2) is 7.75. The highest BCUT2D eigenvalue weighted by atomic mass is 32.2. The number of aryl methyl sites for hydroxylation is 1. The Balaban J connectivity index is 1.73. The van der Waals surface area contributed by atoms with E-state index in [4.69, 9.17) is 4.74 Å². The van der Waals surface area contributed by atoms with Gasteiger partial charge in [-0.2, -0.15) is 4.31 Å². The lowest BCUT2D eigenvalue weighted by Crippen LogP contribution is -2.51. The summed E-state index contributed by atoms with van der Waals surface area (Å²) < 4.78 is 46.1. The second-order valence-electron chi connectivity index (χ2n) is 7.48. The summed E-state index contributed by atoms with van der Waals surface area (Å²) >= 11 is 0. The summed E-state index contributed by atoms with van der Waals surface area (Å²) in [6, 6.07) is 3.83. The molecule has 0 aliphatic carbocycles. The van der Waals surface area contributed by atoms with Crippen molar-refractivity contribution in [3.8, 4) is 0 Å². The van der Waals surface area contributed by atoms with Gasteiger partial charge in [0.05, 0.1) is 10.9 Å². The lowest BCUT2D eigenvalue weighted by molar-refractivity contribution is 0.114. The van der Waals surface area contributed by atoms with Crippen LogP contribution in [0.3, 0.4) is 0 Å². The van der Waals surface area contributed by atoms with Crippen LogP contribution < -0.4 is 0 Å². The average Bonchev–Trinajstić information content (AvgIpc) is 3.04. The molecule has 2 heterocycles. The number of ether oxygens (including phenoxy) is 1. The Labute approximate surface area is 160 Å². The van der Waals surface area contributed by atoms with Crippen LogP contribution in [-0.4, -0.2) is 55.5 Å². The molecule has 0 aromatic heterocycles. The number of amides is 1. The molecule has 150 valence electrons. The molecule has 0 radical (unpaired) electrons. The molecule has 0 saturated carbocycles. The van der Waals surface area contributed by atoms with Crippen molar-refractivity contribution in [3.05, 3.63) is 29.6 Å². The highest BCUT2D eigenvalue weighted by Crippen LogP contribution is 2.31. The van der Waals surface area contributed by atoms with Gasteiger partial charge in [0.2, 0.25) is 10.0 Å². The van der Waals surface area contributed by atoms with Crippen LogP contribution in [0.15, 0.2) is 23.1 Å². The van der Waals surface area contributed by atoms with Gasteiger partial charge in [-0.1, -0.05) is 26.3 Å². The number of cyclic esters (lactones) is 1. The predicted molar refractivity (Wildman–Crippen MR) is 99.3 cm³/mol. The topological polar surface area (TPSA) is 66.9 Å². The number of carbonyl (C=O) groups is 1. The smallest absolute Gasteiger partial charge is 0.410 e. The average molecular weight is 399 g/mol. The molecule has 1 amide bonds. The maximum atomic E-state index is 13.6. The van der Waals surface area contributed by atoms with Crippen LogP contribution in [0.5, 0.6) is 0 Å². The normalized spacial score (nSPS) is 23.5. The Morgan fingerprint density at radius 3 is 2.59 bits per heavy atom. The molecular weight excluding hydrogens is 371 g/mol. The number of carbonyl (C=O) groups excluding carboxylic acids is 1. The van der Waals surface area contributed by atoms with E-state index < -0.39 is 15.8 Å². The Bertz CT molecular complexity index is 806. The number of hydrogen-bond donors (Lipinski definition) is 0. The molecule has 2 atom stereocenters. The zero-order valence-corrected chi connectivity index (χ0v) is 16.8. The zero-order chi connectivity index (χ0) is 19.8. The van der Waals surface area contributed by atoms with E-state index in [9.17, 15) is 17.6 Å². The fourth-order valence-corrected chi connectivity index (χ4v) is 5.64. The third kappa shape index (κ3) is 3.82. The van der Waals surface area contributed by atoms with Gasteiger partial charge in [-0.15, -0.1) is 0 Å². The van der Waals surface area contributed by atoms with Crippen LogP contribution in [0, 0.1) is 18.7 Å². The van der Waals surface area contributed by atoms with Crippen molar-refractivity contribution in [2.75, 3.05) is 19.7 Å². The van der Waals surface area contributed by atoms with Crippen molar-refractivity contribution in [1.82, 2.24) is 9.21 Å². The minimum atomic E-state index is -3.75. The second-order valence-corrected chi connectivity index (χ2v) is 9.39. The molecule has 1 aromatic carbocycles. The number of benzene rings is 1. The number of halogens is 1. The number of rotatable bonds is 5. The van der Waals surface area contributed by atoms with Crippen molar-refractivity contribution in [2.45, 2.75) is 57.0 Å². The van der Waals surface area contributed by atoms with Gasteiger partial charge in [0.25, 0.3) is 0 Å². The predicted octanol–water partition coefficient (Wildman–Crippen LogP) is 3.15. The van der Waals surface area contributed by atoms with Crippen molar-refractivity contribution >= 4 is 16.1 Å². The Morgan fingerprint density at radius 1 is 1.30 bits per heavy atom. The van der Waals surface area contributed by atoms with Crippen LogP contribution in [0.25, 0.3) is 0 Å². The zero-order valence-electron chi connectivity index (χ0n) is 16.0. The first-order valence-electron chi connectivity index (χ1n) is 9.47. The van der Waals surface area contributed by atoms with Crippen molar-refractivity contribution in [3.63, 3.8) is 0 Å². The summed E-state index contributed by atoms with van der Waals surface area (Å²) in [6.45, 7) is 6.86. The van der Waals surface area contributed by atoms with Crippen LogP contribution in [0.2, 0.25) is 0 Å². The van der Waals surface area contributed by atoms with Gasteiger partial charge in [-0.3, -0.25) is 4.90 Å². The number of piperidine rings is 1. The number of hydrogen-bond acceptors (Lipinski definition) is 4. The molecule has 0 spiro atoms. The fourth-order valence-electron chi connectivity index (χ4n) is 3.93. The standard InChI is InChI=1S/C19H27FN2O4S/c1-4-13(2)17-12-26-19(23)22(17)16-7-9-21(10-8-16)27(24,25)18-11-15(20)6-5-14(18)3/h5-6,11,13,16-17H,4,7-10,12H2,1-3H3. The monoisotopic (exact) mass is 398 g/mol. The van der Waals surface area contributed by atoms with E-state index in [-0.39, 0.29) is 23.1 Å². The summed E-state index contributed by atoms with van der Waals surface area (Å²) in [7, 11) is -3.75. The Kier molecular flexibility index (Phi) is 5.76. The highest BCUT2D eigenvalue weighted by Gasteiger charge is 2.42. The number of nitrogens with zero attached hydrogens (tertiary/aromatic N) is 2. The van der Waals surface area contributed by atoms with E-state index in [1.54, 1.807) is 6.92 Å². The quantitative estimate of drug-likeness (QED) is 0.764. The van der Waals surface area contributed by atoms with Gasteiger partial charge in [-0.05, 0) is 43.4 Å². The van der Waals surface area contributed by atoms with Crippen LogP contribution >= 0.6 is 0 Å². The fraction of sp³-hybridized carbons (Fsp3) is 0.632. The molecule has 2 fully saturated rings. The Hall–Kier alpha value is -1.67. The third-order valence-electron chi connectivity index (χ3n) is 5.83. The lowest BCUT2D eigenvalue weighted by atomic mass is 9.95. The first-order valence-corrected chi connectivity index (χ1v) is 10.9. The van der Waals surface area contributed by atoms with Crippen molar-refractivity contribution in [2.24, 2.45) is 5.92 Å². The minimum Gasteiger partial charge on any atom is -0.447 e. The lowest BCUT2D eigenvalue weighted by Gasteiger charge is -2.38. The molecule has 2 aliphatic rings. The summed E-state index contributed by atoms with van der Waals surface area (Å²) in [6.07, 6.45) is 1.75. The highest BCUT2D eigenvalue weighted by molar-refractivity contribution is 7.89. The molecule has 2 unspecified atom stereocenters. The molecule has 6 nitrogen and oxygen atoms in total. The summed E-state index contributed by atoms with van der Waals surface area (Å²) in [5.41, 5.74) is 0.526. The first-order chi connectivity index (χ1) is 12.8. The molecule has 0 N–H and O–H groups in total. The summed E-state index contributed by atoms with van der Waals surface area (Å²) in [5.74, 6) is -0.238. The van der Waals surface area contributed by atoms with Crippen LogP contribution in [0.1, 0.15) is 38.7 Å². The van der Waals surface area contributed by atoms with E-state index in [0.29, 0.717) is 44.0 Å². The van der Waals surface area contributed by atoms with E-state index in [2.05, 4.69) is 13.8 Å². The van der Waals surface area contributed by atoms with Crippen molar-refractivity contribution in [1.29, 1.82) is 0 Å². The minimum absolute atomic E-state index is 0.0130. The van der Waals surface area contributed by atoms with E-state index in [1.807, 2.05) is 4.90 Å². The van der Waals surface area contributed by atoms with Gasteiger partial charge in [0.1, 0.15) is 12.4 Å². The molecular formula is C19H27FN2O4S. The summed E-state index contributed by atoms with van der Waals surface area (Å²) in [5, 5.41) is 0. The molecule has 3 rings (SSSR count). The maximum absolute atomic E-state index is 13.6. The molecule has 8 heteroatoms. The van der Waals surface area contributed by atoms with Gasteiger partial charge < -0.3 is 4.74 Å². The Morgan fingerprint density at radius 2 is 1.96 bits per heavy atom. The van der Waals surface area contributed by atoms with E-state index >= 15 is 0 Å². The maximum Gasteiger partial charge on any atom is 0.410 e. The molecule has 2 saturated heterocycles. The molecule has 1 aromatic rings. The molecule has 27 heavy (non-hydrogen) atoms. The van der Waals surface area contributed by atoms with E-state index in [0.717, 1.165) is 12.5 Å². The number of sulfonamides is 1. The third-order valence-corrected chi connectivity index (χ3v) is 7.87. The van der Waals surface area contributed by atoms with Crippen LogP contribution in [-0.2, 0) is 14.8 Å². The van der Waals surface area contributed by atoms with Crippen LogP contribution in [0.4, 0.5) is 9.18 Å². The van der Waals surface area contributed by atoms with Gasteiger partial charge in [-0.25, -0.2) is 17.6 Å². The largest absolute Gasteiger partial charge is 0.447 e. The first kappa shape index (κ1) is 20.1.